The second kappa shape index (κ2) is 5.18. The third-order valence-corrected chi connectivity index (χ3v) is 6.02. The van der Waals surface area contributed by atoms with Crippen LogP contribution in [0.25, 0.3) is 11.1 Å². The molecule has 1 heterocycles. The van der Waals surface area contributed by atoms with Crippen molar-refractivity contribution in [3.05, 3.63) is 131 Å². The first kappa shape index (κ1) is 15.0. The summed E-state index contributed by atoms with van der Waals surface area (Å²) in [4.78, 5) is 0. The van der Waals surface area contributed by atoms with Gasteiger partial charge in [0, 0.05) is 0 Å². The summed E-state index contributed by atoms with van der Waals surface area (Å²) in [6.07, 6.45) is 0. The summed E-state index contributed by atoms with van der Waals surface area (Å²) < 4.78 is 6.88. The molecule has 0 unspecified atom stereocenters. The molecule has 0 radical (unpaired) electrons. The van der Waals surface area contributed by atoms with Crippen molar-refractivity contribution in [3.63, 3.8) is 0 Å². The fourth-order valence-electron chi connectivity index (χ4n) is 4.93. The zero-order valence-electron chi connectivity index (χ0n) is 14.8. The first-order chi connectivity index (χ1) is 13.4. The lowest BCUT2D eigenvalue weighted by molar-refractivity contribution is 0.302. The molecular weight excluding hydrogens is 328 g/mol. The van der Waals surface area contributed by atoms with Gasteiger partial charge in [0.2, 0.25) is 0 Å². The lowest BCUT2D eigenvalue weighted by atomic mass is 9.76. The highest BCUT2D eigenvalue weighted by Crippen LogP contribution is 2.73. The van der Waals surface area contributed by atoms with E-state index in [1.165, 1.54) is 33.4 Å². The van der Waals surface area contributed by atoms with Crippen LogP contribution in [0.3, 0.4) is 0 Å². The molecule has 4 aromatic rings. The molecule has 1 fully saturated rings. The van der Waals surface area contributed by atoms with Gasteiger partial charge in [0.25, 0.3) is 0 Å². The quantitative estimate of drug-likeness (QED) is 0.413. The SMILES string of the molecule is c1ccc(C2(c3ccccc3)OC23c2ccccc2-c2ccccc23)cc1. The van der Waals surface area contributed by atoms with Crippen molar-refractivity contribution in [2.24, 2.45) is 0 Å². The fourth-order valence-corrected chi connectivity index (χ4v) is 4.93. The molecule has 1 nitrogen and oxygen atoms in total. The summed E-state index contributed by atoms with van der Waals surface area (Å²) >= 11 is 0. The van der Waals surface area contributed by atoms with E-state index in [4.69, 9.17) is 4.74 Å². The lowest BCUT2D eigenvalue weighted by Gasteiger charge is -2.20. The van der Waals surface area contributed by atoms with Crippen LogP contribution in [0, 0.1) is 0 Å². The van der Waals surface area contributed by atoms with Gasteiger partial charge in [-0.2, -0.15) is 0 Å². The van der Waals surface area contributed by atoms with E-state index in [0.29, 0.717) is 0 Å². The highest BCUT2D eigenvalue weighted by molar-refractivity contribution is 5.84. The van der Waals surface area contributed by atoms with Crippen LogP contribution in [-0.4, -0.2) is 0 Å². The molecule has 1 saturated heterocycles. The first-order valence-corrected chi connectivity index (χ1v) is 9.38. The first-order valence-electron chi connectivity index (χ1n) is 9.38. The molecule has 0 saturated carbocycles. The second-order valence-corrected chi connectivity index (χ2v) is 7.29. The molecule has 1 spiro atoms. The van der Waals surface area contributed by atoms with Gasteiger partial charge in [-0.1, -0.05) is 109 Å². The maximum absolute atomic E-state index is 6.88. The van der Waals surface area contributed by atoms with Gasteiger partial charge >= 0.3 is 0 Å². The zero-order valence-corrected chi connectivity index (χ0v) is 14.8. The van der Waals surface area contributed by atoms with Gasteiger partial charge in [0.1, 0.15) is 0 Å². The maximum atomic E-state index is 6.88. The molecule has 0 bridgehead atoms. The van der Waals surface area contributed by atoms with Crippen molar-refractivity contribution < 1.29 is 4.74 Å². The van der Waals surface area contributed by atoms with Gasteiger partial charge in [0.15, 0.2) is 11.2 Å². The monoisotopic (exact) mass is 346 g/mol. The van der Waals surface area contributed by atoms with Crippen LogP contribution in [0.1, 0.15) is 22.3 Å². The van der Waals surface area contributed by atoms with Crippen molar-refractivity contribution in [2.75, 3.05) is 0 Å². The second-order valence-electron chi connectivity index (χ2n) is 7.29. The average molecular weight is 346 g/mol. The van der Waals surface area contributed by atoms with Crippen molar-refractivity contribution in [1.82, 2.24) is 0 Å². The average Bonchev–Trinajstić information content (AvgIpc) is 3.39. The Bertz CT molecular complexity index is 1060. The van der Waals surface area contributed by atoms with Crippen LogP contribution < -0.4 is 0 Å². The van der Waals surface area contributed by atoms with Gasteiger partial charge in [-0.15, -0.1) is 0 Å². The Morgan fingerprint density at radius 3 is 1.30 bits per heavy atom. The summed E-state index contributed by atoms with van der Waals surface area (Å²) in [5, 5.41) is 0. The summed E-state index contributed by atoms with van der Waals surface area (Å²) in [6, 6.07) is 38.6. The predicted octanol–water partition coefficient (Wildman–Crippen LogP) is 5.88. The molecule has 27 heavy (non-hydrogen) atoms. The minimum absolute atomic E-state index is 0.469. The summed E-state index contributed by atoms with van der Waals surface area (Å²) in [6.45, 7) is 0. The number of benzene rings is 4. The standard InChI is InChI=1S/C26H18O/c1-3-11-19(12-4-1)25(20-13-5-2-6-14-20)26(27-25)23-17-9-7-15-21(23)22-16-8-10-18-24(22)26/h1-18H. The number of fused-ring (bicyclic) bond motifs is 5. The molecule has 0 amide bonds. The molecule has 1 aliphatic heterocycles. The Hall–Kier alpha value is -3.16. The van der Waals surface area contributed by atoms with E-state index < -0.39 is 11.2 Å². The molecule has 6 rings (SSSR count). The molecular formula is C26H18O. The Morgan fingerprint density at radius 2 is 0.815 bits per heavy atom. The molecule has 4 aromatic carbocycles. The predicted molar refractivity (Wildman–Crippen MR) is 107 cm³/mol. The Morgan fingerprint density at radius 1 is 0.407 bits per heavy atom. The van der Waals surface area contributed by atoms with E-state index in [2.05, 4.69) is 109 Å². The molecule has 1 heteroatoms. The molecule has 128 valence electrons. The highest BCUT2D eigenvalue weighted by atomic mass is 16.6. The Labute approximate surface area is 158 Å². The minimum Gasteiger partial charge on any atom is -0.342 e. The number of rotatable bonds is 2. The largest absolute Gasteiger partial charge is 0.342 e. The van der Waals surface area contributed by atoms with E-state index >= 15 is 0 Å². The summed E-state index contributed by atoms with van der Waals surface area (Å²) in [5.74, 6) is 0. The lowest BCUT2D eigenvalue weighted by Crippen LogP contribution is -2.23. The van der Waals surface area contributed by atoms with Crippen LogP contribution in [0.15, 0.2) is 109 Å². The van der Waals surface area contributed by atoms with Gasteiger partial charge in [-0.25, -0.2) is 0 Å². The van der Waals surface area contributed by atoms with Crippen LogP contribution >= 0.6 is 0 Å². The summed E-state index contributed by atoms with van der Waals surface area (Å²) in [7, 11) is 0. The third-order valence-electron chi connectivity index (χ3n) is 6.02. The molecule has 0 aromatic heterocycles. The van der Waals surface area contributed by atoms with Crippen LogP contribution in [0.2, 0.25) is 0 Å². The van der Waals surface area contributed by atoms with Gasteiger partial charge in [-0.3, -0.25) is 0 Å². The highest BCUT2D eigenvalue weighted by Gasteiger charge is 2.76. The minimum atomic E-state index is -0.502. The third kappa shape index (κ3) is 1.72. The van der Waals surface area contributed by atoms with Crippen LogP contribution in [0.5, 0.6) is 0 Å². The molecule has 2 aliphatic rings. The fraction of sp³-hybridized carbons (Fsp3) is 0.0769. The maximum Gasteiger partial charge on any atom is 0.158 e. The van der Waals surface area contributed by atoms with Crippen molar-refractivity contribution in [2.45, 2.75) is 11.2 Å². The van der Waals surface area contributed by atoms with E-state index in [0.717, 1.165) is 0 Å². The smallest absolute Gasteiger partial charge is 0.158 e. The van der Waals surface area contributed by atoms with Gasteiger partial charge < -0.3 is 4.74 Å². The topological polar surface area (TPSA) is 12.5 Å². The Kier molecular flexibility index (Phi) is 2.87. The van der Waals surface area contributed by atoms with Crippen molar-refractivity contribution >= 4 is 0 Å². The van der Waals surface area contributed by atoms with E-state index in [9.17, 15) is 0 Å². The molecule has 0 N–H and O–H groups in total. The number of ether oxygens (including phenoxy) is 1. The van der Waals surface area contributed by atoms with E-state index in [-0.39, 0.29) is 0 Å². The van der Waals surface area contributed by atoms with Crippen LogP contribution in [0.4, 0.5) is 0 Å². The van der Waals surface area contributed by atoms with Crippen LogP contribution in [-0.2, 0) is 15.9 Å². The number of hydrogen-bond acceptors (Lipinski definition) is 1. The van der Waals surface area contributed by atoms with Gasteiger partial charge in [-0.05, 0) is 33.4 Å². The van der Waals surface area contributed by atoms with E-state index in [1.807, 2.05) is 0 Å². The van der Waals surface area contributed by atoms with E-state index in [1.54, 1.807) is 0 Å². The number of hydrogen-bond donors (Lipinski definition) is 0. The molecule has 0 atom stereocenters. The Balaban J connectivity index is 1.71. The molecule has 1 aliphatic carbocycles. The number of epoxide rings is 1. The summed E-state index contributed by atoms with van der Waals surface area (Å²) in [5.41, 5.74) is 6.51. The zero-order chi connectivity index (χ0) is 17.9. The van der Waals surface area contributed by atoms with Crippen molar-refractivity contribution in [1.29, 1.82) is 0 Å². The van der Waals surface area contributed by atoms with Crippen molar-refractivity contribution in [3.8, 4) is 11.1 Å². The van der Waals surface area contributed by atoms with Gasteiger partial charge in [0.05, 0.1) is 0 Å². The normalized spacial score (nSPS) is 17.3.